The normalized spacial score (nSPS) is 9.50. The number of nitrogens with one attached hydrogen (secondary N) is 1. The Morgan fingerprint density at radius 3 is 2.79 bits per heavy atom. The van der Waals surface area contributed by atoms with Gasteiger partial charge in [-0.3, -0.25) is 0 Å². The molecular formula is C9H9ClFN3. The molecule has 0 bridgehead atoms. The quantitative estimate of drug-likeness (QED) is 0.714. The van der Waals surface area contributed by atoms with Gasteiger partial charge in [0.05, 0.1) is 11.3 Å². The molecule has 3 N–H and O–H groups in total. The van der Waals surface area contributed by atoms with Gasteiger partial charge in [0.2, 0.25) is 0 Å². The summed E-state index contributed by atoms with van der Waals surface area (Å²) in [6.45, 7) is 0. The lowest BCUT2D eigenvalue weighted by molar-refractivity contribution is 0.635. The highest BCUT2D eigenvalue weighted by Crippen LogP contribution is 2.22. The van der Waals surface area contributed by atoms with Crippen molar-refractivity contribution in [3.05, 3.63) is 36.4 Å². The maximum absolute atomic E-state index is 13.4. The second-order valence-corrected chi connectivity index (χ2v) is 2.65. The number of hydrogen-bond acceptors (Lipinski definition) is 2. The third-order valence-electron chi connectivity index (χ3n) is 1.78. The highest BCUT2D eigenvalue weighted by atomic mass is 35.5. The predicted octanol–water partition coefficient (Wildman–Crippen LogP) is 2.22. The van der Waals surface area contributed by atoms with Crippen molar-refractivity contribution in [2.75, 3.05) is 5.73 Å². The number of aromatic nitrogens is 2. The molecule has 0 radical (unpaired) electrons. The van der Waals surface area contributed by atoms with Crippen molar-refractivity contribution in [3.8, 4) is 11.4 Å². The standard InChI is InChI=1S/C9H8FN3.ClH/c10-8-6(2-1-3-7(8)11)9-12-4-5-13-9;/h1-5H,11H2,(H,12,13);1H. The van der Waals surface area contributed by atoms with E-state index in [1.54, 1.807) is 24.5 Å². The number of halogens is 2. The Morgan fingerprint density at radius 1 is 1.36 bits per heavy atom. The zero-order valence-corrected chi connectivity index (χ0v) is 8.01. The molecule has 2 aromatic rings. The highest BCUT2D eigenvalue weighted by Gasteiger charge is 2.08. The average molecular weight is 214 g/mol. The smallest absolute Gasteiger partial charge is 0.156 e. The van der Waals surface area contributed by atoms with E-state index in [0.717, 1.165) is 0 Å². The SMILES string of the molecule is Cl.Nc1cccc(-c2ncc[nH]2)c1F. The van der Waals surface area contributed by atoms with Crippen LogP contribution < -0.4 is 5.73 Å². The molecule has 1 aromatic carbocycles. The molecule has 1 aromatic heterocycles. The van der Waals surface area contributed by atoms with E-state index in [0.29, 0.717) is 11.4 Å². The Hall–Kier alpha value is -1.55. The van der Waals surface area contributed by atoms with E-state index >= 15 is 0 Å². The second-order valence-electron chi connectivity index (χ2n) is 2.65. The molecule has 5 heteroatoms. The van der Waals surface area contributed by atoms with Crippen LogP contribution in [0.15, 0.2) is 30.6 Å². The van der Waals surface area contributed by atoms with E-state index in [2.05, 4.69) is 9.97 Å². The van der Waals surface area contributed by atoms with Crippen LogP contribution in [0.25, 0.3) is 11.4 Å². The molecule has 0 fully saturated rings. The van der Waals surface area contributed by atoms with Crippen LogP contribution in [0.2, 0.25) is 0 Å². The zero-order valence-electron chi connectivity index (χ0n) is 7.20. The third kappa shape index (κ3) is 1.70. The molecule has 0 spiro atoms. The number of nitrogens with two attached hydrogens (primary N) is 1. The van der Waals surface area contributed by atoms with Crippen molar-refractivity contribution in [2.24, 2.45) is 0 Å². The number of H-pyrrole nitrogens is 1. The van der Waals surface area contributed by atoms with Gasteiger partial charge < -0.3 is 10.7 Å². The summed E-state index contributed by atoms with van der Waals surface area (Å²) in [6.07, 6.45) is 3.20. The van der Waals surface area contributed by atoms with Crippen LogP contribution in [0.5, 0.6) is 0 Å². The summed E-state index contributed by atoms with van der Waals surface area (Å²) in [5.41, 5.74) is 5.94. The van der Waals surface area contributed by atoms with E-state index in [-0.39, 0.29) is 18.1 Å². The Balaban J connectivity index is 0.000000980. The molecular weight excluding hydrogens is 205 g/mol. The van der Waals surface area contributed by atoms with E-state index in [4.69, 9.17) is 5.73 Å². The van der Waals surface area contributed by atoms with E-state index in [9.17, 15) is 4.39 Å². The van der Waals surface area contributed by atoms with Crippen LogP contribution in [0, 0.1) is 5.82 Å². The monoisotopic (exact) mass is 213 g/mol. The lowest BCUT2D eigenvalue weighted by atomic mass is 10.2. The molecule has 74 valence electrons. The fourth-order valence-electron chi connectivity index (χ4n) is 1.15. The largest absolute Gasteiger partial charge is 0.396 e. The number of nitrogen functional groups attached to an aromatic ring is 1. The van der Waals surface area contributed by atoms with Gasteiger partial charge in [-0.15, -0.1) is 12.4 Å². The average Bonchev–Trinajstić information content (AvgIpc) is 2.62. The van der Waals surface area contributed by atoms with Gasteiger partial charge in [0.1, 0.15) is 5.82 Å². The van der Waals surface area contributed by atoms with Gasteiger partial charge in [0.25, 0.3) is 0 Å². The van der Waals surface area contributed by atoms with Crippen molar-refractivity contribution in [1.82, 2.24) is 9.97 Å². The molecule has 1 heterocycles. The maximum Gasteiger partial charge on any atom is 0.156 e. The van der Waals surface area contributed by atoms with Gasteiger partial charge in [0, 0.05) is 12.4 Å². The van der Waals surface area contributed by atoms with Crippen molar-refractivity contribution in [3.63, 3.8) is 0 Å². The maximum atomic E-state index is 13.4. The van der Waals surface area contributed by atoms with Gasteiger partial charge in [-0.05, 0) is 12.1 Å². The molecule has 3 nitrogen and oxygen atoms in total. The molecule has 2 rings (SSSR count). The number of rotatable bonds is 1. The summed E-state index contributed by atoms with van der Waals surface area (Å²) in [4.78, 5) is 6.75. The topological polar surface area (TPSA) is 54.7 Å². The number of hydrogen-bond donors (Lipinski definition) is 2. The van der Waals surface area contributed by atoms with Gasteiger partial charge in [-0.1, -0.05) is 6.07 Å². The number of nitrogens with zero attached hydrogens (tertiary/aromatic N) is 1. The number of aromatic amines is 1. The van der Waals surface area contributed by atoms with Crippen molar-refractivity contribution >= 4 is 18.1 Å². The number of imidazole rings is 1. The minimum Gasteiger partial charge on any atom is -0.396 e. The van der Waals surface area contributed by atoms with E-state index < -0.39 is 5.82 Å². The summed E-state index contributed by atoms with van der Waals surface area (Å²) < 4.78 is 13.4. The Morgan fingerprint density at radius 2 is 2.14 bits per heavy atom. The first kappa shape index (κ1) is 10.5. The lowest BCUT2D eigenvalue weighted by Gasteiger charge is -2.01. The summed E-state index contributed by atoms with van der Waals surface area (Å²) >= 11 is 0. The first-order valence-corrected chi connectivity index (χ1v) is 3.83. The zero-order chi connectivity index (χ0) is 9.26. The highest BCUT2D eigenvalue weighted by molar-refractivity contribution is 5.85. The molecule has 0 saturated carbocycles. The van der Waals surface area contributed by atoms with Crippen LogP contribution in [-0.2, 0) is 0 Å². The Kier molecular flexibility index (Phi) is 3.09. The molecule has 0 amide bonds. The molecule has 0 aliphatic carbocycles. The van der Waals surface area contributed by atoms with Crippen molar-refractivity contribution < 1.29 is 4.39 Å². The number of benzene rings is 1. The third-order valence-corrected chi connectivity index (χ3v) is 1.78. The van der Waals surface area contributed by atoms with Crippen LogP contribution in [0.3, 0.4) is 0 Å². The van der Waals surface area contributed by atoms with Crippen LogP contribution in [0.4, 0.5) is 10.1 Å². The van der Waals surface area contributed by atoms with Crippen molar-refractivity contribution in [1.29, 1.82) is 0 Å². The first-order valence-electron chi connectivity index (χ1n) is 3.83. The fraction of sp³-hybridized carbons (Fsp3) is 0. The first-order chi connectivity index (χ1) is 6.29. The fourth-order valence-corrected chi connectivity index (χ4v) is 1.15. The van der Waals surface area contributed by atoms with Gasteiger partial charge in [-0.25, -0.2) is 9.37 Å². The second kappa shape index (κ2) is 4.11. The summed E-state index contributed by atoms with van der Waals surface area (Å²) in [7, 11) is 0. The Labute approximate surface area is 86.6 Å². The number of anilines is 1. The van der Waals surface area contributed by atoms with Gasteiger partial charge in [0.15, 0.2) is 5.82 Å². The molecule has 0 saturated heterocycles. The Bertz CT molecular complexity index is 414. The van der Waals surface area contributed by atoms with E-state index in [1.165, 1.54) is 6.07 Å². The molecule has 0 unspecified atom stereocenters. The van der Waals surface area contributed by atoms with Gasteiger partial charge in [-0.2, -0.15) is 0 Å². The molecule has 0 aliphatic heterocycles. The predicted molar refractivity (Wildman–Crippen MR) is 55.6 cm³/mol. The summed E-state index contributed by atoms with van der Waals surface area (Å²) in [6, 6.07) is 4.84. The van der Waals surface area contributed by atoms with Gasteiger partial charge >= 0.3 is 0 Å². The molecule has 0 atom stereocenters. The van der Waals surface area contributed by atoms with Crippen LogP contribution in [0.1, 0.15) is 0 Å². The minimum atomic E-state index is -0.433. The molecule has 14 heavy (non-hydrogen) atoms. The van der Waals surface area contributed by atoms with Crippen molar-refractivity contribution in [2.45, 2.75) is 0 Å². The summed E-state index contributed by atoms with van der Waals surface area (Å²) in [5, 5.41) is 0. The summed E-state index contributed by atoms with van der Waals surface area (Å²) in [5.74, 6) is 0.0576. The van der Waals surface area contributed by atoms with Crippen LogP contribution >= 0.6 is 12.4 Å². The lowest BCUT2D eigenvalue weighted by Crippen LogP contribution is -1.93. The van der Waals surface area contributed by atoms with E-state index in [1.807, 2.05) is 0 Å². The van der Waals surface area contributed by atoms with Crippen LogP contribution in [-0.4, -0.2) is 9.97 Å². The minimum absolute atomic E-state index is 0. The molecule has 0 aliphatic rings.